The van der Waals surface area contributed by atoms with Gasteiger partial charge >= 0.3 is 0 Å². The third-order valence-corrected chi connectivity index (χ3v) is 8.51. The van der Waals surface area contributed by atoms with E-state index in [1.165, 1.54) is 5.56 Å². The van der Waals surface area contributed by atoms with E-state index in [1.54, 1.807) is 0 Å². The number of β-lactam (4-membered cyclic amide) rings is 1. The highest BCUT2D eigenvalue weighted by Crippen LogP contribution is 2.62. The lowest BCUT2D eigenvalue weighted by atomic mass is 9.50. The quantitative estimate of drug-likeness (QED) is 0.564. The van der Waals surface area contributed by atoms with Gasteiger partial charge in [0.2, 0.25) is 5.91 Å². The molecule has 1 amide bonds. The first-order valence-corrected chi connectivity index (χ1v) is 11.2. The summed E-state index contributed by atoms with van der Waals surface area (Å²) in [5, 5.41) is 1.14. The minimum Gasteiger partial charge on any atom is -0.461 e. The van der Waals surface area contributed by atoms with Crippen molar-refractivity contribution in [2.24, 2.45) is 23.2 Å². The minimum absolute atomic E-state index is 0.0587. The highest BCUT2D eigenvalue weighted by Gasteiger charge is 2.65. The van der Waals surface area contributed by atoms with Crippen LogP contribution in [0.4, 0.5) is 0 Å². The van der Waals surface area contributed by atoms with Crippen LogP contribution in [0.2, 0.25) is 0 Å². The number of carbonyl (C=O) groups excluding carboxylic acids is 2. The molecule has 156 valence electrons. The lowest BCUT2D eigenvalue weighted by Crippen LogP contribution is -2.71. The third kappa shape index (κ3) is 2.32. The summed E-state index contributed by atoms with van der Waals surface area (Å²) in [6.45, 7) is 4.81. The Hall–Kier alpha value is -2.43. The normalized spacial score (nSPS) is 38.5. The number of carbonyl (C=O) groups is 2. The Balaban J connectivity index is 1.41. The molecule has 5 heteroatoms. The van der Waals surface area contributed by atoms with Crippen LogP contribution in [0.5, 0.6) is 0 Å². The van der Waals surface area contributed by atoms with Gasteiger partial charge in [0.05, 0.1) is 17.0 Å². The molecule has 4 aliphatic carbocycles. The Morgan fingerprint density at radius 1 is 1.10 bits per heavy atom. The number of hydrogen-bond donors (Lipinski definition) is 0. The monoisotopic (exact) mass is 404 g/mol. The Labute approximate surface area is 176 Å². The molecule has 7 rings (SSSR count). The van der Waals surface area contributed by atoms with Gasteiger partial charge in [0.15, 0.2) is 0 Å². The molecular formula is C25H28N2O3. The van der Waals surface area contributed by atoms with Crippen LogP contribution >= 0.6 is 0 Å². The zero-order valence-corrected chi connectivity index (χ0v) is 17.6. The first-order valence-electron chi connectivity index (χ1n) is 11.2. The van der Waals surface area contributed by atoms with Crippen molar-refractivity contribution < 1.29 is 14.3 Å². The van der Waals surface area contributed by atoms with Crippen molar-refractivity contribution in [3.63, 3.8) is 0 Å². The number of rotatable bonds is 4. The fraction of sp³-hybridized carbons (Fsp3) is 0.560. The lowest BCUT2D eigenvalue weighted by molar-refractivity contribution is -0.214. The predicted octanol–water partition coefficient (Wildman–Crippen LogP) is 4.26. The molecule has 0 spiro atoms. The number of aromatic nitrogens is 1. The molecule has 5 fully saturated rings. The van der Waals surface area contributed by atoms with Gasteiger partial charge in [0, 0.05) is 17.6 Å². The number of likely N-dealkylation sites (tertiary alicyclic amines) is 1. The molecule has 1 aromatic carbocycles. The molecule has 2 aromatic rings. The molecule has 1 saturated heterocycles. The standard InChI is InChI=1S/C25H28N2O3/c1-24(2)22(19-5-3-7-20-18(19)6-4-8-26-20)27(23(24)29)21-16-9-15-10-17(21)13-25(11-15,12-16)30-14-28/h3-8,14-17,21-22H,9-13H2,1-2H3. The van der Waals surface area contributed by atoms with Crippen LogP contribution in [0.15, 0.2) is 36.5 Å². The van der Waals surface area contributed by atoms with E-state index in [0.717, 1.165) is 43.0 Å². The Morgan fingerprint density at radius 2 is 1.87 bits per heavy atom. The van der Waals surface area contributed by atoms with Crippen LogP contribution in [0, 0.1) is 23.2 Å². The highest BCUT2D eigenvalue weighted by molar-refractivity contribution is 5.93. The molecule has 4 bridgehead atoms. The second kappa shape index (κ2) is 6.05. The molecular weight excluding hydrogens is 376 g/mol. The zero-order chi connectivity index (χ0) is 20.7. The van der Waals surface area contributed by atoms with Crippen LogP contribution in [0.1, 0.15) is 57.6 Å². The van der Waals surface area contributed by atoms with Crippen LogP contribution in [-0.4, -0.2) is 33.9 Å². The van der Waals surface area contributed by atoms with Crippen molar-refractivity contribution in [2.45, 2.75) is 63.6 Å². The molecule has 3 atom stereocenters. The number of pyridine rings is 1. The van der Waals surface area contributed by atoms with Gasteiger partial charge in [-0.15, -0.1) is 0 Å². The number of nitrogens with zero attached hydrogens (tertiary/aromatic N) is 2. The molecule has 4 saturated carbocycles. The average Bonchev–Trinajstić information content (AvgIpc) is 2.71. The summed E-state index contributed by atoms with van der Waals surface area (Å²) in [5.41, 5.74) is 1.48. The maximum Gasteiger partial charge on any atom is 0.293 e. The lowest BCUT2D eigenvalue weighted by Gasteiger charge is -2.66. The molecule has 3 unspecified atom stereocenters. The van der Waals surface area contributed by atoms with E-state index >= 15 is 0 Å². The Kier molecular flexibility index (Phi) is 3.70. The largest absolute Gasteiger partial charge is 0.461 e. The molecule has 5 nitrogen and oxygen atoms in total. The summed E-state index contributed by atoms with van der Waals surface area (Å²) in [6, 6.07) is 10.7. The van der Waals surface area contributed by atoms with E-state index in [0.29, 0.717) is 24.2 Å². The predicted molar refractivity (Wildman–Crippen MR) is 112 cm³/mol. The van der Waals surface area contributed by atoms with E-state index in [4.69, 9.17) is 4.74 Å². The van der Waals surface area contributed by atoms with Crippen molar-refractivity contribution in [1.82, 2.24) is 9.88 Å². The van der Waals surface area contributed by atoms with E-state index in [-0.39, 0.29) is 23.6 Å². The Bertz CT molecular complexity index is 1030. The number of ether oxygens (including phenoxy) is 1. The first-order chi connectivity index (χ1) is 14.4. The maximum absolute atomic E-state index is 13.5. The van der Waals surface area contributed by atoms with Gasteiger partial charge in [-0.2, -0.15) is 0 Å². The molecule has 2 heterocycles. The third-order valence-electron chi connectivity index (χ3n) is 8.51. The summed E-state index contributed by atoms with van der Waals surface area (Å²) in [6.07, 6.45) is 6.93. The van der Waals surface area contributed by atoms with Crippen LogP contribution in [0.25, 0.3) is 10.9 Å². The average molecular weight is 405 g/mol. The summed E-state index contributed by atoms with van der Waals surface area (Å²) in [7, 11) is 0. The van der Waals surface area contributed by atoms with Gasteiger partial charge in [-0.05, 0) is 81.4 Å². The first kappa shape index (κ1) is 18.3. The molecule has 5 aliphatic rings. The number of amides is 1. The SMILES string of the molecule is CC1(C)C(=O)N(C2C3CC4CC2CC(OC=O)(C4)C3)C1c1cccc2ncccc12. The zero-order valence-electron chi connectivity index (χ0n) is 17.6. The molecule has 0 N–H and O–H groups in total. The fourth-order valence-corrected chi connectivity index (χ4v) is 7.68. The summed E-state index contributed by atoms with van der Waals surface area (Å²) in [4.78, 5) is 31.4. The van der Waals surface area contributed by atoms with Crippen molar-refractivity contribution in [3.8, 4) is 0 Å². The van der Waals surface area contributed by atoms with Gasteiger partial charge in [-0.1, -0.05) is 18.2 Å². The number of benzene rings is 1. The Morgan fingerprint density at radius 3 is 2.60 bits per heavy atom. The van der Waals surface area contributed by atoms with E-state index in [9.17, 15) is 9.59 Å². The van der Waals surface area contributed by atoms with Crippen LogP contribution in [-0.2, 0) is 14.3 Å². The fourth-order valence-electron chi connectivity index (χ4n) is 7.68. The van der Waals surface area contributed by atoms with Crippen molar-refractivity contribution >= 4 is 23.3 Å². The summed E-state index contributed by atoms with van der Waals surface area (Å²) in [5.74, 6) is 1.73. The second-order valence-electron chi connectivity index (χ2n) is 10.6. The topological polar surface area (TPSA) is 59.5 Å². The van der Waals surface area contributed by atoms with Crippen molar-refractivity contribution in [1.29, 1.82) is 0 Å². The van der Waals surface area contributed by atoms with Crippen LogP contribution < -0.4 is 0 Å². The van der Waals surface area contributed by atoms with Gasteiger partial charge in [0.1, 0.15) is 5.60 Å². The number of hydrogen-bond acceptors (Lipinski definition) is 4. The van der Waals surface area contributed by atoms with Gasteiger partial charge in [-0.25, -0.2) is 0 Å². The highest BCUT2D eigenvalue weighted by atomic mass is 16.5. The molecule has 0 radical (unpaired) electrons. The van der Waals surface area contributed by atoms with Crippen molar-refractivity contribution in [3.05, 3.63) is 42.1 Å². The summed E-state index contributed by atoms with van der Waals surface area (Å²) < 4.78 is 5.67. The maximum atomic E-state index is 13.5. The van der Waals surface area contributed by atoms with Gasteiger partial charge < -0.3 is 9.64 Å². The van der Waals surface area contributed by atoms with Crippen molar-refractivity contribution in [2.75, 3.05) is 0 Å². The van der Waals surface area contributed by atoms with E-state index in [1.807, 2.05) is 18.3 Å². The van der Waals surface area contributed by atoms with Crippen LogP contribution in [0.3, 0.4) is 0 Å². The van der Waals surface area contributed by atoms with Gasteiger partial charge in [0.25, 0.3) is 6.47 Å². The smallest absolute Gasteiger partial charge is 0.293 e. The molecule has 1 aliphatic heterocycles. The minimum atomic E-state index is -0.421. The van der Waals surface area contributed by atoms with E-state index < -0.39 is 5.41 Å². The second-order valence-corrected chi connectivity index (χ2v) is 10.6. The van der Waals surface area contributed by atoms with E-state index in [2.05, 4.69) is 41.9 Å². The molecule has 1 aromatic heterocycles. The molecule has 30 heavy (non-hydrogen) atoms. The summed E-state index contributed by atoms with van der Waals surface area (Å²) >= 11 is 0. The van der Waals surface area contributed by atoms with Gasteiger partial charge in [-0.3, -0.25) is 14.6 Å². The number of fused-ring (bicyclic) bond motifs is 1.